The van der Waals surface area contributed by atoms with Crippen molar-refractivity contribution in [1.82, 2.24) is 0 Å². The van der Waals surface area contributed by atoms with Crippen molar-refractivity contribution in [2.45, 2.75) is 44.9 Å². The minimum atomic E-state index is -0.308. The molecular formula is C17H25NO2. The average Bonchev–Trinajstić information content (AvgIpc) is 2.74. The van der Waals surface area contributed by atoms with Crippen LogP contribution < -0.4 is 10.5 Å². The number of para-hydroxylation sites is 1. The number of nitrogens with two attached hydrogens (primary N) is 1. The van der Waals surface area contributed by atoms with Crippen molar-refractivity contribution in [2.75, 3.05) is 13.7 Å². The van der Waals surface area contributed by atoms with Gasteiger partial charge in [0.15, 0.2) is 0 Å². The molecule has 1 aliphatic carbocycles. The Bertz CT molecular complexity index is 448. The van der Waals surface area contributed by atoms with E-state index in [1.165, 1.54) is 12.8 Å². The minimum absolute atomic E-state index is 0.284. The van der Waals surface area contributed by atoms with Crippen molar-refractivity contribution < 1.29 is 9.53 Å². The summed E-state index contributed by atoms with van der Waals surface area (Å²) in [5, 5.41) is 0. The first-order chi connectivity index (χ1) is 9.72. The van der Waals surface area contributed by atoms with Crippen LogP contribution >= 0.6 is 0 Å². The maximum absolute atomic E-state index is 12.8. The molecule has 110 valence electrons. The lowest BCUT2D eigenvalue weighted by atomic mass is 9.74. The van der Waals surface area contributed by atoms with Gasteiger partial charge < -0.3 is 10.5 Å². The minimum Gasteiger partial charge on any atom is -0.496 e. The summed E-state index contributed by atoms with van der Waals surface area (Å²) in [6, 6.07) is 7.76. The monoisotopic (exact) mass is 275 g/mol. The Kier molecular flexibility index (Phi) is 5.18. The van der Waals surface area contributed by atoms with E-state index < -0.39 is 0 Å². The summed E-state index contributed by atoms with van der Waals surface area (Å²) in [4.78, 5) is 12.8. The maximum atomic E-state index is 12.8. The maximum Gasteiger partial charge on any atom is 0.144 e. The van der Waals surface area contributed by atoms with E-state index in [0.29, 0.717) is 13.0 Å². The molecule has 0 atom stereocenters. The summed E-state index contributed by atoms with van der Waals surface area (Å²) in [5.74, 6) is 1.08. The van der Waals surface area contributed by atoms with Gasteiger partial charge in [-0.2, -0.15) is 0 Å². The van der Waals surface area contributed by atoms with Crippen LogP contribution in [0.3, 0.4) is 0 Å². The van der Waals surface area contributed by atoms with Gasteiger partial charge in [0, 0.05) is 23.9 Å². The Balaban J connectivity index is 2.16. The van der Waals surface area contributed by atoms with Gasteiger partial charge in [-0.15, -0.1) is 0 Å². The van der Waals surface area contributed by atoms with Crippen LogP contribution in [0.25, 0.3) is 0 Å². The zero-order valence-corrected chi connectivity index (χ0v) is 12.4. The molecule has 3 heteroatoms. The fraction of sp³-hybridized carbons (Fsp3) is 0.588. The first-order valence-corrected chi connectivity index (χ1v) is 7.57. The van der Waals surface area contributed by atoms with Crippen molar-refractivity contribution in [1.29, 1.82) is 0 Å². The second-order valence-electron chi connectivity index (χ2n) is 5.81. The predicted molar refractivity (Wildman–Crippen MR) is 80.9 cm³/mol. The Labute approximate surface area is 121 Å². The summed E-state index contributed by atoms with van der Waals surface area (Å²) >= 11 is 0. The van der Waals surface area contributed by atoms with Crippen LogP contribution in [0.1, 0.15) is 44.1 Å². The molecule has 0 spiro atoms. The number of methoxy groups -OCH3 is 1. The standard InChI is InChI=1S/C17H25NO2/c1-20-15-9-5-4-8-14(15)12-16(19)17(13-18)10-6-2-3-7-11-17/h4-5,8-9H,2-3,6-7,10-13,18H2,1H3. The number of Topliss-reactive ketones (excluding diaryl/α,β-unsaturated/α-hetero) is 1. The Morgan fingerprint density at radius 3 is 2.45 bits per heavy atom. The van der Waals surface area contributed by atoms with Gasteiger partial charge in [0.25, 0.3) is 0 Å². The highest BCUT2D eigenvalue weighted by molar-refractivity contribution is 5.87. The van der Waals surface area contributed by atoms with Crippen LogP contribution in [0, 0.1) is 5.41 Å². The molecule has 1 fully saturated rings. The van der Waals surface area contributed by atoms with Crippen molar-refractivity contribution in [3.63, 3.8) is 0 Å². The smallest absolute Gasteiger partial charge is 0.144 e. The molecule has 2 N–H and O–H groups in total. The molecule has 0 bridgehead atoms. The number of hydrogen-bond acceptors (Lipinski definition) is 3. The summed E-state index contributed by atoms with van der Waals surface area (Å²) in [7, 11) is 1.65. The number of carbonyl (C=O) groups is 1. The second-order valence-corrected chi connectivity index (χ2v) is 5.81. The highest BCUT2D eigenvalue weighted by Gasteiger charge is 2.36. The van der Waals surface area contributed by atoms with Crippen LogP contribution in [-0.4, -0.2) is 19.4 Å². The van der Waals surface area contributed by atoms with E-state index in [-0.39, 0.29) is 11.2 Å². The normalized spacial score (nSPS) is 18.3. The molecule has 0 aromatic heterocycles. The van der Waals surface area contributed by atoms with E-state index in [4.69, 9.17) is 10.5 Å². The first kappa shape index (κ1) is 15.0. The quantitative estimate of drug-likeness (QED) is 0.840. The van der Waals surface area contributed by atoms with E-state index in [1.807, 2.05) is 24.3 Å². The Hall–Kier alpha value is -1.35. The molecule has 0 saturated heterocycles. The largest absolute Gasteiger partial charge is 0.496 e. The van der Waals surface area contributed by atoms with Gasteiger partial charge in [0.05, 0.1) is 7.11 Å². The van der Waals surface area contributed by atoms with E-state index in [2.05, 4.69) is 0 Å². The molecule has 20 heavy (non-hydrogen) atoms. The molecule has 0 unspecified atom stereocenters. The highest BCUT2D eigenvalue weighted by atomic mass is 16.5. The molecule has 0 amide bonds. The number of ether oxygens (including phenoxy) is 1. The van der Waals surface area contributed by atoms with Gasteiger partial charge in [0.2, 0.25) is 0 Å². The van der Waals surface area contributed by atoms with Gasteiger partial charge >= 0.3 is 0 Å². The molecule has 0 aliphatic heterocycles. The van der Waals surface area contributed by atoms with Crippen molar-refractivity contribution in [2.24, 2.45) is 11.1 Å². The number of benzene rings is 1. The number of rotatable bonds is 5. The zero-order chi connectivity index (χ0) is 14.4. The van der Waals surface area contributed by atoms with E-state index in [1.54, 1.807) is 7.11 Å². The molecule has 0 heterocycles. The number of ketones is 1. The summed E-state index contributed by atoms with van der Waals surface area (Å²) in [6.45, 7) is 0.473. The lowest BCUT2D eigenvalue weighted by Gasteiger charge is -2.30. The third-order valence-electron chi connectivity index (χ3n) is 4.59. The van der Waals surface area contributed by atoms with Crippen LogP contribution in [-0.2, 0) is 11.2 Å². The lowest BCUT2D eigenvalue weighted by Crippen LogP contribution is -2.39. The molecule has 1 saturated carbocycles. The summed E-state index contributed by atoms with van der Waals surface area (Å²) in [6.07, 6.45) is 7.01. The molecule has 1 aromatic carbocycles. The average molecular weight is 275 g/mol. The van der Waals surface area contributed by atoms with Gasteiger partial charge in [-0.25, -0.2) is 0 Å². The van der Waals surface area contributed by atoms with E-state index >= 15 is 0 Å². The molecule has 1 aromatic rings. The van der Waals surface area contributed by atoms with Gasteiger partial charge in [0.1, 0.15) is 11.5 Å². The zero-order valence-electron chi connectivity index (χ0n) is 12.4. The van der Waals surface area contributed by atoms with Gasteiger partial charge in [-0.05, 0) is 18.9 Å². The molecule has 2 rings (SSSR count). The predicted octanol–water partition coefficient (Wildman–Crippen LogP) is 3.11. The van der Waals surface area contributed by atoms with Crippen LogP contribution in [0.15, 0.2) is 24.3 Å². The third-order valence-corrected chi connectivity index (χ3v) is 4.59. The van der Waals surface area contributed by atoms with Gasteiger partial charge in [-0.3, -0.25) is 4.79 Å². The lowest BCUT2D eigenvalue weighted by molar-refractivity contribution is -0.128. The third kappa shape index (κ3) is 3.21. The van der Waals surface area contributed by atoms with Crippen LogP contribution in [0.2, 0.25) is 0 Å². The van der Waals surface area contributed by atoms with Crippen molar-refractivity contribution in [3.05, 3.63) is 29.8 Å². The number of carbonyl (C=O) groups excluding carboxylic acids is 1. The summed E-state index contributed by atoms with van der Waals surface area (Å²) < 4.78 is 5.34. The molecule has 1 aliphatic rings. The van der Waals surface area contributed by atoms with E-state index in [9.17, 15) is 4.79 Å². The van der Waals surface area contributed by atoms with E-state index in [0.717, 1.165) is 37.0 Å². The Morgan fingerprint density at radius 1 is 1.20 bits per heavy atom. The SMILES string of the molecule is COc1ccccc1CC(=O)C1(CN)CCCCCC1. The topological polar surface area (TPSA) is 52.3 Å². The van der Waals surface area contributed by atoms with Crippen molar-refractivity contribution >= 4 is 5.78 Å². The fourth-order valence-electron chi connectivity index (χ4n) is 3.21. The second kappa shape index (κ2) is 6.89. The van der Waals surface area contributed by atoms with Crippen LogP contribution in [0.4, 0.5) is 0 Å². The Morgan fingerprint density at radius 2 is 1.85 bits per heavy atom. The molecular weight excluding hydrogens is 250 g/mol. The van der Waals surface area contributed by atoms with Crippen LogP contribution in [0.5, 0.6) is 5.75 Å². The molecule has 3 nitrogen and oxygen atoms in total. The first-order valence-electron chi connectivity index (χ1n) is 7.57. The fourth-order valence-corrected chi connectivity index (χ4v) is 3.21. The van der Waals surface area contributed by atoms with Crippen molar-refractivity contribution in [3.8, 4) is 5.75 Å². The number of hydrogen-bond donors (Lipinski definition) is 1. The van der Waals surface area contributed by atoms with Gasteiger partial charge in [-0.1, -0.05) is 43.9 Å². The summed E-state index contributed by atoms with van der Waals surface area (Å²) in [5.41, 5.74) is 6.64. The highest BCUT2D eigenvalue weighted by Crippen LogP contribution is 2.36. The molecule has 0 radical (unpaired) electrons.